The van der Waals surface area contributed by atoms with Crippen molar-refractivity contribution in [3.63, 3.8) is 0 Å². The van der Waals surface area contributed by atoms with Crippen molar-refractivity contribution < 1.29 is 14.0 Å². The van der Waals surface area contributed by atoms with E-state index in [-0.39, 0.29) is 17.0 Å². The third-order valence-electron chi connectivity index (χ3n) is 5.38. The molecule has 2 N–H and O–H groups in total. The topological polar surface area (TPSA) is 90.5 Å². The molecular formula is C24H18FN5O2. The molecular weight excluding hydrogens is 409 g/mol. The number of benzene rings is 2. The molecule has 0 radical (unpaired) electrons. The SMILES string of the molecule is CN1C(=O)C(NC(=O)c2ccc3[nH]ccc3n2)N=C(c2ccccc2F)c2ccccc21. The summed E-state index contributed by atoms with van der Waals surface area (Å²) in [6.45, 7) is 0. The highest BCUT2D eigenvalue weighted by Gasteiger charge is 2.32. The summed E-state index contributed by atoms with van der Waals surface area (Å²) in [5.74, 6) is -1.47. The molecule has 0 aliphatic carbocycles. The molecule has 0 fully saturated rings. The van der Waals surface area contributed by atoms with Gasteiger partial charge in [-0.1, -0.05) is 30.3 Å². The first-order chi connectivity index (χ1) is 15.5. The fraction of sp³-hybridized carbons (Fsp3) is 0.0833. The number of halogens is 1. The van der Waals surface area contributed by atoms with Gasteiger partial charge in [-0.25, -0.2) is 14.4 Å². The molecule has 0 saturated carbocycles. The van der Waals surface area contributed by atoms with E-state index in [4.69, 9.17) is 0 Å². The van der Waals surface area contributed by atoms with Crippen molar-refractivity contribution in [1.82, 2.24) is 15.3 Å². The molecule has 2 amide bonds. The number of carbonyl (C=O) groups excluding carboxylic acids is 2. The largest absolute Gasteiger partial charge is 0.360 e. The predicted octanol–water partition coefficient (Wildman–Crippen LogP) is 3.27. The molecule has 4 aromatic rings. The van der Waals surface area contributed by atoms with Gasteiger partial charge in [-0.15, -0.1) is 0 Å². The van der Waals surface area contributed by atoms with E-state index in [1.807, 2.05) is 0 Å². The second-order valence-corrected chi connectivity index (χ2v) is 7.35. The monoisotopic (exact) mass is 427 g/mol. The van der Waals surface area contributed by atoms with E-state index in [2.05, 4.69) is 20.3 Å². The van der Waals surface area contributed by atoms with Crippen LogP contribution in [0.4, 0.5) is 10.1 Å². The third kappa shape index (κ3) is 3.31. The van der Waals surface area contributed by atoms with Crippen LogP contribution in [0.3, 0.4) is 0 Å². The lowest BCUT2D eigenvalue weighted by Crippen LogP contribution is -2.46. The maximum absolute atomic E-state index is 14.7. The van der Waals surface area contributed by atoms with Crippen LogP contribution in [0.2, 0.25) is 0 Å². The number of pyridine rings is 1. The minimum Gasteiger partial charge on any atom is -0.360 e. The lowest BCUT2D eigenvalue weighted by atomic mass is 10.00. The van der Waals surface area contributed by atoms with Gasteiger partial charge in [-0.3, -0.25) is 9.59 Å². The average molecular weight is 427 g/mol. The number of para-hydroxylation sites is 1. The van der Waals surface area contributed by atoms with Crippen molar-refractivity contribution >= 4 is 34.2 Å². The van der Waals surface area contributed by atoms with E-state index in [9.17, 15) is 14.0 Å². The van der Waals surface area contributed by atoms with Crippen LogP contribution in [0, 0.1) is 5.82 Å². The number of nitrogens with one attached hydrogen (secondary N) is 2. The van der Waals surface area contributed by atoms with Crippen molar-refractivity contribution in [2.24, 2.45) is 4.99 Å². The highest BCUT2D eigenvalue weighted by atomic mass is 19.1. The van der Waals surface area contributed by atoms with E-state index < -0.39 is 23.8 Å². The molecule has 32 heavy (non-hydrogen) atoms. The van der Waals surface area contributed by atoms with Crippen molar-refractivity contribution in [1.29, 1.82) is 0 Å². The van der Waals surface area contributed by atoms with Gasteiger partial charge in [0, 0.05) is 24.4 Å². The van der Waals surface area contributed by atoms with E-state index >= 15 is 0 Å². The molecule has 2 aromatic carbocycles. The van der Waals surface area contributed by atoms with Gasteiger partial charge in [0.05, 0.1) is 22.4 Å². The van der Waals surface area contributed by atoms with E-state index in [0.29, 0.717) is 16.8 Å². The summed E-state index contributed by atoms with van der Waals surface area (Å²) < 4.78 is 14.7. The number of likely N-dealkylation sites (N-methyl/N-ethyl adjacent to an activating group) is 1. The Kier molecular flexibility index (Phi) is 4.74. The molecule has 0 spiro atoms. The number of amides is 2. The summed E-state index contributed by atoms with van der Waals surface area (Å²) in [6, 6.07) is 18.4. The molecule has 158 valence electrons. The number of hydrogen-bond acceptors (Lipinski definition) is 4. The van der Waals surface area contributed by atoms with Gasteiger partial charge in [0.1, 0.15) is 11.5 Å². The molecule has 0 bridgehead atoms. The van der Waals surface area contributed by atoms with Crippen molar-refractivity contribution in [3.8, 4) is 0 Å². The Morgan fingerprint density at radius 1 is 1.03 bits per heavy atom. The number of hydrogen-bond donors (Lipinski definition) is 2. The normalized spacial score (nSPS) is 15.8. The van der Waals surface area contributed by atoms with Gasteiger partial charge < -0.3 is 15.2 Å². The maximum atomic E-state index is 14.7. The quantitative estimate of drug-likeness (QED) is 0.526. The highest BCUT2D eigenvalue weighted by Crippen LogP contribution is 2.28. The Balaban J connectivity index is 1.58. The number of rotatable bonds is 3. The summed E-state index contributed by atoms with van der Waals surface area (Å²) in [5, 5.41) is 2.65. The molecule has 1 unspecified atom stereocenters. The van der Waals surface area contributed by atoms with Crippen LogP contribution < -0.4 is 10.2 Å². The van der Waals surface area contributed by atoms with Crippen LogP contribution in [-0.4, -0.2) is 40.7 Å². The zero-order valence-electron chi connectivity index (χ0n) is 17.0. The van der Waals surface area contributed by atoms with Gasteiger partial charge in [0.2, 0.25) is 6.17 Å². The number of aromatic nitrogens is 2. The first-order valence-corrected chi connectivity index (χ1v) is 9.97. The zero-order valence-corrected chi connectivity index (χ0v) is 17.0. The number of H-pyrrole nitrogens is 1. The Labute approximate surface area is 182 Å². The van der Waals surface area contributed by atoms with Gasteiger partial charge in [-0.2, -0.15) is 0 Å². The minimum atomic E-state index is -1.25. The summed E-state index contributed by atoms with van der Waals surface area (Å²) in [7, 11) is 1.60. The van der Waals surface area contributed by atoms with Gasteiger partial charge in [0.25, 0.3) is 11.8 Å². The Morgan fingerprint density at radius 3 is 2.59 bits per heavy atom. The van der Waals surface area contributed by atoms with Crippen LogP contribution >= 0.6 is 0 Å². The number of anilines is 1. The standard InChI is InChI=1S/C24H18FN5O2/c1-30-20-9-5-3-7-15(20)21(14-6-2-4-8-16(14)25)28-22(24(30)32)29-23(31)19-11-10-17-18(27-19)12-13-26-17/h2-13,22,26H,1H3,(H,29,31). The zero-order chi connectivity index (χ0) is 22.2. The molecule has 3 heterocycles. The van der Waals surface area contributed by atoms with Gasteiger partial charge >= 0.3 is 0 Å². The number of carbonyl (C=O) groups is 2. The first-order valence-electron chi connectivity index (χ1n) is 9.97. The van der Waals surface area contributed by atoms with Crippen LogP contribution in [0.5, 0.6) is 0 Å². The van der Waals surface area contributed by atoms with Gasteiger partial charge in [0.15, 0.2) is 0 Å². The number of aliphatic imine (C=N–C) groups is 1. The van der Waals surface area contributed by atoms with E-state index in [0.717, 1.165) is 5.52 Å². The Hall–Kier alpha value is -4.33. The summed E-state index contributed by atoms with van der Waals surface area (Å²) in [6.07, 6.45) is 0.476. The summed E-state index contributed by atoms with van der Waals surface area (Å²) in [4.78, 5) is 39.4. The summed E-state index contributed by atoms with van der Waals surface area (Å²) >= 11 is 0. The van der Waals surface area contributed by atoms with Crippen LogP contribution in [0.25, 0.3) is 11.0 Å². The number of benzodiazepines with no additional fused rings is 1. The lowest BCUT2D eigenvalue weighted by Gasteiger charge is -2.20. The third-order valence-corrected chi connectivity index (χ3v) is 5.38. The number of fused-ring (bicyclic) bond motifs is 2. The van der Waals surface area contributed by atoms with Gasteiger partial charge in [-0.05, 0) is 36.4 Å². The molecule has 8 heteroatoms. The van der Waals surface area contributed by atoms with E-state index in [1.165, 1.54) is 11.0 Å². The molecule has 1 aliphatic heterocycles. The van der Waals surface area contributed by atoms with Crippen LogP contribution in [0.15, 0.2) is 77.9 Å². The Morgan fingerprint density at radius 2 is 1.78 bits per heavy atom. The number of aromatic amines is 1. The Bertz CT molecular complexity index is 1390. The second kappa shape index (κ2) is 7.73. The maximum Gasteiger partial charge on any atom is 0.272 e. The highest BCUT2D eigenvalue weighted by molar-refractivity contribution is 6.20. The molecule has 2 aromatic heterocycles. The summed E-state index contributed by atoms with van der Waals surface area (Å²) in [5.41, 5.74) is 3.27. The molecule has 1 atom stereocenters. The molecule has 7 nitrogen and oxygen atoms in total. The molecule has 5 rings (SSSR count). The van der Waals surface area contributed by atoms with Crippen molar-refractivity contribution in [2.45, 2.75) is 6.17 Å². The number of nitrogens with zero attached hydrogens (tertiary/aromatic N) is 3. The van der Waals surface area contributed by atoms with Crippen molar-refractivity contribution in [3.05, 3.63) is 95.6 Å². The fourth-order valence-electron chi connectivity index (χ4n) is 3.74. The lowest BCUT2D eigenvalue weighted by molar-refractivity contribution is -0.119. The van der Waals surface area contributed by atoms with E-state index in [1.54, 1.807) is 73.9 Å². The first kappa shape index (κ1) is 19.6. The molecule has 0 saturated heterocycles. The predicted molar refractivity (Wildman–Crippen MR) is 119 cm³/mol. The molecule has 1 aliphatic rings. The second-order valence-electron chi connectivity index (χ2n) is 7.35. The minimum absolute atomic E-state index is 0.150. The van der Waals surface area contributed by atoms with Crippen molar-refractivity contribution in [2.75, 3.05) is 11.9 Å². The van der Waals surface area contributed by atoms with Crippen LogP contribution in [0.1, 0.15) is 21.6 Å². The van der Waals surface area contributed by atoms with Crippen LogP contribution in [-0.2, 0) is 4.79 Å². The average Bonchev–Trinajstić information content (AvgIpc) is 3.26. The smallest absolute Gasteiger partial charge is 0.272 e. The fourth-order valence-corrected chi connectivity index (χ4v) is 3.74.